The summed E-state index contributed by atoms with van der Waals surface area (Å²) in [5.41, 5.74) is 0.00797. The number of aliphatic imine (C=N–C) groups is 1. The van der Waals surface area contributed by atoms with Gasteiger partial charge in [-0.15, -0.1) is 0 Å². The molecule has 0 atom stereocenters. The summed E-state index contributed by atoms with van der Waals surface area (Å²) >= 11 is 0. The number of aliphatic hydroxyl groups excluding tert-OH is 1. The summed E-state index contributed by atoms with van der Waals surface area (Å²) in [5, 5.41) is 12.9. The molecule has 2 aliphatic rings. The van der Waals surface area contributed by atoms with E-state index in [1.807, 2.05) is 11.8 Å². The Balaban J connectivity index is 1.49. The highest BCUT2D eigenvalue weighted by Crippen LogP contribution is 2.31. The van der Waals surface area contributed by atoms with Crippen molar-refractivity contribution in [2.45, 2.75) is 38.5 Å². The summed E-state index contributed by atoms with van der Waals surface area (Å²) in [6.45, 7) is 9.16. The van der Waals surface area contributed by atoms with E-state index in [0.29, 0.717) is 31.9 Å². The standard InChI is InChI=1S/C22H34F3N5O/c1-2-26-21(27-9-4-10-28-11-7-20(31)8-12-28)30-15-13-29(14-16-30)19-6-3-5-18(17-19)22(23,24)25/h3,5-6,17,20,31H,2,4,7-16H2,1H3,(H,26,27). The van der Waals surface area contributed by atoms with E-state index in [9.17, 15) is 18.3 Å². The number of aliphatic hydroxyl groups is 1. The van der Waals surface area contributed by atoms with Crippen molar-refractivity contribution >= 4 is 11.6 Å². The van der Waals surface area contributed by atoms with Gasteiger partial charge < -0.3 is 25.1 Å². The van der Waals surface area contributed by atoms with Crippen LogP contribution in [0.5, 0.6) is 0 Å². The number of piperazine rings is 1. The largest absolute Gasteiger partial charge is 0.416 e. The van der Waals surface area contributed by atoms with Gasteiger partial charge >= 0.3 is 6.18 Å². The van der Waals surface area contributed by atoms with E-state index in [-0.39, 0.29) is 6.10 Å². The molecule has 2 N–H and O–H groups in total. The Bertz CT molecular complexity index is 711. The summed E-state index contributed by atoms with van der Waals surface area (Å²) in [7, 11) is 0. The van der Waals surface area contributed by atoms with Crippen LogP contribution >= 0.6 is 0 Å². The lowest BCUT2D eigenvalue weighted by molar-refractivity contribution is -0.137. The van der Waals surface area contributed by atoms with Crippen molar-refractivity contribution in [2.24, 2.45) is 4.99 Å². The van der Waals surface area contributed by atoms with Crippen LogP contribution in [0.25, 0.3) is 0 Å². The normalized spacial score (nSPS) is 19.7. The van der Waals surface area contributed by atoms with Crippen LogP contribution in [-0.4, -0.2) is 85.9 Å². The minimum atomic E-state index is -4.32. The number of guanidine groups is 1. The molecule has 174 valence electrons. The molecule has 0 spiro atoms. The second kappa shape index (κ2) is 11.0. The Morgan fingerprint density at radius 1 is 1.13 bits per heavy atom. The fourth-order valence-electron chi connectivity index (χ4n) is 4.10. The molecule has 0 amide bonds. The second-order valence-corrected chi connectivity index (χ2v) is 8.18. The predicted octanol–water partition coefficient (Wildman–Crippen LogP) is 2.64. The fourth-order valence-corrected chi connectivity index (χ4v) is 4.10. The third-order valence-corrected chi connectivity index (χ3v) is 5.90. The number of likely N-dealkylation sites (tertiary alicyclic amines) is 1. The van der Waals surface area contributed by atoms with Gasteiger partial charge in [0.05, 0.1) is 11.7 Å². The molecule has 2 aliphatic heterocycles. The number of hydrogen-bond acceptors (Lipinski definition) is 4. The lowest BCUT2D eigenvalue weighted by Crippen LogP contribution is -2.52. The first-order valence-corrected chi connectivity index (χ1v) is 11.2. The first-order chi connectivity index (χ1) is 14.9. The molecule has 0 aromatic heterocycles. The van der Waals surface area contributed by atoms with Crippen LogP contribution in [-0.2, 0) is 6.18 Å². The average Bonchev–Trinajstić information content (AvgIpc) is 2.77. The van der Waals surface area contributed by atoms with Gasteiger partial charge in [0, 0.05) is 58.0 Å². The summed E-state index contributed by atoms with van der Waals surface area (Å²) in [4.78, 5) is 11.3. The third-order valence-electron chi connectivity index (χ3n) is 5.90. The van der Waals surface area contributed by atoms with Crippen LogP contribution in [0.15, 0.2) is 29.3 Å². The average molecular weight is 442 g/mol. The van der Waals surface area contributed by atoms with E-state index in [0.717, 1.165) is 64.0 Å². The molecular weight excluding hydrogens is 407 g/mol. The SMILES string of the molecule is CCNC(=NCCCN1CCC(O)CC1)N1CCN(c2cccc(C(F)(F)F)c2)CC1. The molecule has 3 rings (SSSR count). The molecule has 0 saturated carbocycles. The molecule has 2 saturated heterocycles. The first kappa shape index (κ1) is 23.7. The van der Waals surface area contributed by atoms with E-state index < -0.39 is 11.7 Å². The van der Waals surface area contributed by atoms with E-state index >= 15 is 0 Å². The second-order valence-electron chi connectivity index (χ2n) is 8.18. The van der Waals surface area contributed by atoms with Crippen molar-refractivity contribution in [1.82, 2.24) is 15.1 Å². The zero-order valence-corrected chi connectivity index (χ0v) is 18.2. The molecule has 2 heterocycles. The molecule has 0 unspecified atom stereocenters. The molecule has 6 nitrogen and oxygen atoms in total. The van der Waals surface area contributed by atoms with Gasteiger partial charge in [-0.1, -0.05) is 6.07 Å². The number of hydrogen-bond donors (Lipinski definition) is 2. The van der Waals surface area contributed by atoms with Gasteiger partial charge in [0.1, 0.15) is 0 Å². The predicted molar refractivity (Wildman–Crippen MR) is 118 cm³/mol. The molecule has 9 heteroatoms. The maximum atomic E-state index is 13.0. The van der Waals surface area contributed by atoms with Gasteiger partial charge in [-0.2, -0.15) is 13.2 Å². The van der Waals surface area contributed by atoms with Crippen LogP contribution in [0.4, 0.5) is 18.9 Å². The molecule has 0 bridgehead atoms. The van der Waals surface area contributed by atoms with Crippen molar-refractivity contribution < 1.29 is 18.3 Å². The van der Waals surface area contributed by atoms with Crippen molar-refractivity contribution in [3.8, 4) is 0 Å². The minimum absolute atomic E-state index is 0.149. The number of nitrogens with one attached hydrogen (secondary N) is 1. The number of nitrogens with zero attached hydrogens (tertiary/aromatic N) is 4. The fraction of sp³-hybridized carbons (Fsp3) is 0.682. The Morgan fingerprint density at radius 3 is 2.48 bits per heavy atom. The Labute approximate surface area is 182 Å². The van der Waals surface area contributed by atoms with Crippen molar-refractivity contribution in [3.05, 3.63) is 29.8 Å². The van der Waals surface area contributed by atoms with E-state index in [1.54, 1.807) is 6.07 Å². The number of anilines is 1. The summed E-state index contributed by atoms with van der Waals surface area (Å²) < 4.78 is 39.0. The van der Waals surface area contributed by atoms with Crippen LogP contribution in [0.3, 0.4) is 0 Å². The maximum Gasteiger partial charge on any atom is 0.416 e. The number of piperidine rings is 1. The van der Waals surface area contributed by atoms with Crippen LogP contribution in [0, 0.1) is 0 Å². The highest BCUT2D eigenvalue weighted by molar-refractivity contribution is 5.80. The molecule has 31 heavy (non-hydrogen) atoms. The zero-order chi connectivity index (χ0) is 22.3. The Morgan fingerprint density at radius 2 is 1.84 bits per heavy atom. The van der Waals surface area contributed by atoms with E-state index in [2.05, 4.69) is 15.1 Å². The quantitative estimate of drug-likeness (QED) is 0.404. The molecule has 1 aromatic carbocycles. The van der Waals surface area contributed by atoms with Crippen molar-refractivity contribution in [3.63, 3.8) is 0 Å². The van der Waals surface area contributed by atoms with E-state index in [1.165, 1.54) is 12.1 Å². The topological polar surface area (TPSA) is 54.3 Å². The molecule has 2 fully saturated rings. The van der Waals surface area contributed by atoms with Gasteiger partial charge in [0.25, 0.3) is 0 Å². The number of alkyl halides is 3. The molecule has 0 aliphatic carbocycles. The smallest absolute Gasteiger partial charge is 0.393 e. The van der Waals surface area contributed by atoms with E-state index in [4.69, 9.17) is 4.99 Å². The number of halogens is 3. The number of rotatable bonds is 6. The molecular formula is C22H34F3N5O. The number of benzene rings is 1. The van der Waals surface area contributed by atoms with Gasteiger partial charge in [0.15, 0.2) is 5.96 Å². The van der Waals surface area contributed by atoms with Gasteiger partial charge in [-0.3, -0.25) is 4.99 Å². The summed E-state index contributed by atoms with van der Waals surface area (Å²) in [6, 6.07) is 5.55. The highest BCUT2D eigenvalue weighted by atomic mass is 19.4. The third kappa shape index (κ3) is 7.00. The summed E-state index contributed by atoms with van der Waals surface area (Å²) in [5.74, 6) is 0.875. The lowest BCUT2D eigenvalue weighted by Gasteiger charge is -2.38. The van der Waals surface area contributed by atoms with Crippen molar-refractivity contribution in [2.75, 3.05) is 63.8 Å². The maximum absolute atomic E-state index is 13.0. The lowest BCUT2D eigenvalue weighted by atomic mass is 10.1. The zero-order valence-electron chi connectivity index (χ0n) is 18.2. The van der Waals surface area contributed by atoms with Crippen LogP contribution in [0.2, 0.25) is 0 Å². The molecule has 0 radical (unpaired) electrons. The first-order valence-electron chi connectivity index (χ1n) is 11.2. The Kier molecular flexibility index (Phi) is 8.43. The van der Waals surface area contributed by atoms with Gasteiger partial charge in [-0.05, 0) is 50.9 Å². The summed E-state index contributed by atoms with van der Waals surface area (Å²) in [6.07, 6.45) is -1.81. The monoisotopic (exact) mass is 441 g/mol. The highest BCUT2D eigenvalue weighted by Gasteiger charge is 2.31. The van der Waals surface area contributed by atoms with Gasteiger partial charge in [-0.25, -0.2) is 0 Å². The minimum Gasteiger partial charge on any atom is -0.393 e. The van der Waals surface area contributed by atoms with Crippen LogP contribution in [0.1, 0.15) is 31.7 Å². The molecule has 1 aromatic rings. The Hall–Kier alpha value is -2.00. The van der Waals surface area contributed by atoms with Gasteiger partial charge in [0.2, 0.25) is 0 Å². The van der Waals surface area contributed by atoms with Crippen molar-refractivity contribution in [1.29, 1.82) is 0 Å². The van der Waals surface area contributed by atoms with Crippen LogP contribution < -0.4 is 10.2 Å².